The second-order valence-corrected chi connectivity index (χ2v) is 5.25. The number of alkyl halides is 3. The topological polar surface area (TPSA) is 89.8 Å². The van der Waals surface area contributed by atoms with Crippen LogP contribution in [0.15, 0.2) is 24.5 Å². The van der Waals surface area contributed by atoms with E-state index < -0.39 is 36.3 Å². The number of imidazole rings is 1. The van der Waals surface area contributed by atoms with Crippen LogP contribution < -0.4 is 5.32 Å². The van der Waals surface area contributed by atoms with Gasteiger partial charge < -0.3 is 10.1 Å². The summed E-state index contributed by atoms with van der Waals surface area (Å²) in [5.41, 5.74) is 1.45. The molecule has 1 atom stereocenters. The molecule has 2 aromatic rings. The maximum absolute atomic E-state index is 12.4. The number of carbonyl (C=O) groups excluding carboxylic acids is 3. The lowest BCUT2D eigenvalue weighted by Crippen LogP contribution is -2.48. The van der Waals surface area contributed by atoms with E-state index in [0.29, 0.717) is 5.65 Å². The van der Waals surface area contributed by atoms with E-state index in [-0.39, 0.29) is 5.69 Å². The highest BCUT2D eigenvalue weighted by molar-refractivity contribution is 5.99. The Morgan fingerprint density at radius 2 is 2.04 bits per heavy atom. The molecule has 0 aliphatic carbocycles. The number of pyridine rings is 1. The average Bonchev–Trinajstić information content (AvgIpc) is 2.95. The number of Topliss-reactive ketones (excluding diaryl/α,β-unsaturated/α-hetero) is 1. The van der Waals surface area contributed by atoms with E-state index in [2.05, 4.69) is 9.72 Å². The number of hydrogen-bond donors (Lipinski definition) is 1. The highest BCUT2D eigenvalue weighted by Gasteiger charge is 2.41. The fraction of sp³-hybridized carbons (Fsp3) is 0.333. The SMILES string of the molecule is COC(=O)[C@@H](CC(=O)c1cnc2cc(C)ccn12)NC(=O)C(F)(F)F. The molecule has 10 heteroatoms. The number of carbonyl (C=O) groups is 3. The number of nitrogens with one attached hydrogen (secondary N) is 1. The fourth-order valence-electron chi connectivity index (χ4n) is 2.15. The van der Waals surface area contributed by atoms with Crippen LogP contribution in [-0.4, -0.2) is 46.4 Å². The molecule has 7 nitrogen and oxygen atoms in total. The van der Waals surface area contributed by atoms with Gasteiger partial charge in [0.2, 0.25) is 0 Å². The highest BCUT2D eigenvalue weighted by Crippen LogP contribution is 2.16. The van der Waals surface area contributed by atoms with E-state index in [0.717, 1.165) is 12.7 Å². The van der Waals surface area contributed by atoms with Crippen molar-refractivity contribution in [2.45, 2.75) is 25.6 Å². The maximum atomic E-state index is 12.4. The molecule has 0 aliphatic rings. The molecule has 2 heterocycles. The van der Waals surface area contributed by atoms with E-state index in [1.807, 2.05) is 6.92 Å². The predicted molar refractivity (Wildman–Crippen MR) is 78.9 cm³/mol. The average molecular weight is 357 g/mol. The number of hydrogen-bond acceptors (Lipinski definition) is 5. The molecule has 0 radical (unpaired) electrons. The summed E-state index contributed by atoms with van der Waals surface area (Å²) < 4.78 is 42.9. The first-order valence-electron chi connectivity index (χ1n) is 7.06. The molecule has 1 N–H and O–H groups in total. The third-order valence-electron chi connectivity index (χ3n) is 3.39. The highest BCUT2D eigenvalue weighted by atomic mass is 19.4. The van der Waals surface area contributed by atoms with Gasteiger partial charge in [-0.2, -0.15) is 13.2 Å². The Morgan fingerprint density at radius 1 is 1.36 bits per heavy atom. The van der Waals surface area contributed by atoms with Crippen LogP contribution in [0.1, 0.15) is 22.5 Å². The van der Waals surface area contributed by atoms with Crippen LogP contribution in [0.2, 0.25) is 0 Å². The Bertz CT molecular complexity index is 829. The van der Waals surface area contributed by atoms with Gasteiger partial charge in [0.05, 0.1) is 13.3 Å². The molecule has 2 aromatic heterocycles. The molecular weight excluding hydrogens is 343 g/mol. The molecule has 0 aromatic carbocycles. The third-order valence-corrected chi connectivity index (χ3v) is 3.39. The second-order valence-electron chi connectivity index (χ2n) is 5.25. The molecule has 0 fully saturated rings. The fourth-order valence-corrected chi connectivity index (χ4v) is 2.15. The van der Waals surface area contributed by atoms with Gasteiger partial charge in [-0.15, -0.1) is 0 Å². The molecule has 2 rings (SSSR count). The lowest BCUT2D eigenvalue weighted by molar-refractivity contribution is -0.175. The quantitative estimate of drug-likeness (QED) is 0.646. The van der Waals surface area contributed by atoms with Crippen LogP contribution in [0.4, 0.5) is 13.2 Å². The first-order valence-corrected chi connectivity index (χ1v) is 7.06. The smallest absolute Gasteiger partial charge is 0.467 e. The summed E-state index contributed by atoms with van der Waals surface area (Å²) >= 11 is 0. The minimum absolute atomic E-state index is 0.0742. The Hall–Kier alpha value is -2.91. The van der Waals surface area contributed by atoms with Crippen LogP contribution in [0, 0.1) is 6.92 Å². The van der Waals surface area contributed by atoms with Crippen LogP contribution in [-0.2, 0) is 14.3 Å². The van der Waals surface area contributed by atoms with Crippen LogP contribution >= 0.6 is 0 Å². The number of esters is 1. The number of fused-ring (bicyclic) bond motifs is 1. The number of amides is 1. The molecule has 25 heavy (non-hydrogen) atoms. The summed E-state index contributed by atoms with van der Waals surface area (Å²) in [5.74, 6) is -4.16. The number of ether oxygens (including phenoxy) is 1. The van der Waals surface area contributed by atoms with Crippen LogP contribution in [0.3, 0.4) is 0 Å². The van der Waals surface area contributed by atoms with Crippen LogP contribution in [0.5, 0.6) is 0 Å². The first kappa shape index (κ1) is 18.4. The molecular formula is C15H14F3N3O4. The van der Waals surface area contributed by atoms with E-state index in [1.165, 1.54) is 15.9 Å². The number of aryl methyl sites for hydroxylation is 1. The first-order chi connectivity index (χ1) is 11.6. The van der Waals surface area contributed by atoms with Crippen molar-refractivity contribution < 1.29 is 32.3 Å². The number of aromatic nitrogens is 2. The van der Waals surface area contributed by atoms with Gasteiger partial charge in [-0.1, -0.05) is 0 Å². The molecule has 1 amide bonds. The van der Waals surface area contributed by atoms with Crippen LogP contribution in [0.25, 0.3) is 5.65 Å². The zero-order chi connectivity index (χ0) is 18.8. The maximum Gasteiger partial charge on any atom is 0.471 e. The number of nitrogens with zero attached hydrogens (tertiary/aromatic N) is 2. The number of ketones is 1. The van der Waals surface area contributed by atoms with Gasteiger partial charge in [0.25, 0.3) is 0 Å². The van der Waals surface area contributed by atoms with E-state index in [4.69, 9.17) is 0 Å². The van der Waals surface area contributed by atoms with Gasteiger partial charge >= 0.3 is 18.1 Å². The monoisotopic (exact) mass is 357 g/mol. The molecule has 0 aliphatic heterocycles. The van der Waals surface area contributed by atoms with Gasteiger partial charge in [0.1, 0.15) is 17.4 Å². The van der Waals surface area contributed by atoms with Crippen molar-refractivity contribution in [3.05, 3.63) is 35.8 Å². The summed E-state index contributed by atoms with van der Waals surface area (Å²) in [7, 11) is 0.941. The molecule has 0 bridgehead atoms. The lowest BCUT2D eigenvalue weighted by atomic mass is 10.1. The van der Waals surface area contributed by atoms with Crippen molar-refractivity contribution >= 4 is 23.3 Å². The molecule has 0 saturated heterocycles. The van der Waals surface area contributed by atoms with E-state index >= 15 is 0 Å². The molecule has 0 spiro atoms. The Labute approximate surface area is 139 Å². The Kier molecular flexibility index (Phi) is 5.10. The second kappa shape index (κ2) is 6.91. The van der Waals surface area contributed by atoms with Gasteiger partial charge in [-0.3, -0.25) is 14.0 Å². The van der Waals surface area contributed by atoms with Crippen molar-refractivity contribution in [2.75, 3.05) is 7.11 Å². The zero-order valence-corrected chi connectivity index (χ0v) is 13.3. The van der Waals surface area contributed by atoms with Crippen molar-refractivity contribution in [3.63, 3.8) is 0 Å². The lowest BCUT2D eigenvalue weighted by Gasteiger charge is -2.16. The van der Waals surface area contributed by atoms with Gasteiger partial charge in [0, 0.05) is 12.6 Å². The Balaban J connectivity index is 2.23. The van der Waals surface area contributed by atoms with Gasteiger partial charge in [-0.25, -0.2) is 9.78 Å². The largest absolute Gasteiger partial charge is 0.471 e. The minimum atomic E-state index is -5.18. The Morgan fingerprint density at radius 3 is 2.64 bits per heavy atom. The van der Waals surface area contributed by atoms with Crippen molar-refractivity contribution in [1.82, 2.24) is 14.7 Å². The standard InChI is InChI=1S/C15H14F3N3O4/c1-8-3-4-21-10(7-19-12(21)5-8)11(22)6-9(13(23)25-2)20-14(24)15(16,17)18/h3-5,7,9H,6H2,1-2H3,(H,20,24)/t9-/m1/s1. The number of methoxy groups -OCH3 is 1. The normalized spacial score (nSPS) is 12.7. The van der Waals surface area contributed by atoms with E-state index in [1.54, 1.807) is 18.3 Å². The van der Waals surface area contributed by atoms with E-state index in [9.17, 15) is 27.6 Å². The van der Waals surface area contributed by atoms with Gasteiger partial charge in [0.15, 0.2) is 5.78 Å². The molecule has 0 saturated carbocycles. The number of rotatable bonds is 5. The van der Waals surface area contributed by atoms with Gasteiger partial charge in [-0.05, 0) is 24.6 Å². The van der Waals surface area contributed by atoms with Crippen molar-refractivity contribution in [1.29, 1.82) is 0 Å². The predicted octanol–water partition coefficient (Wildman–Crippen LogP) is 1.44. The summed E-state index contributed by atoms with van der Waals surface area (Å²) in [4.78, 5) is 39.0. The third kappa shape index (κ3) is 4.14. The van der Waals surface area contributed by atoms with Crippen molar-refractivity contribution in [3.8, 4) is 0 Å². The van der Waals surface area contributed by atoms with Crippen molar-refractivity contribution in [2.24, 2.45) is 0 Å². The zero-order valence-electron chi connectivity index (χ0n) is 13.3. The summed E-state index contributed by atoms with van der Waals surface area (Å²) in [5, 5.41) is 1.47. The molecule has 134 valence electrons. The minimum Gasteiger partial charge on any atom is -0.467 e. The summed E-state index contributed by atoms with van der Waals surface area (Å²) in [6, 6.07) is 1.66. The molecule has 0 unspecified atom stereocenters. The number of halogens is 3. The summed E-state index contributed by atoms with van der Waals surface area (Å²) in [6.07, 6.45) is -3.06. The summed E-state index contributed by atoms with van der Waals surface area (Å²) in [6.45, 7) is 1.83.